The molecule has 1 aliphatic heterocycles. The summed E-state index contributed by atoms with van der Waals surface area (Å²) >= 11 is 0. The average Bonchev–Trinajstić information content (AvgIpc) is 2.73. The number of nitrogens with one attached hydrogen (secondary N) is 1. The van der Waals surface area contributed by atoms with E-state index in [1.807, 2.05) is 36.4 Å². The lowest BCUT2D eigenvalue weighted by Gasteiger charge is -2.26. The van der Waals surface area contributed by atoms with Crippen molar-refractivity contribution in [1.29, 1.82) is 0 Å². The van der Waals surface area contributed by atoms with E-state index in [-0.39, 0.29) is 17.3 Å². The van der Waals surface area contributed by atoms with Gasteiger partial charge in [-0.05, 0) is 61.2 Å². The van der Waals surface area contributed by atoms with Gasteiger partial charge in [0, 0.05) is 24.2 Å². The van der Waals surface area contributed by atoms with Crippen LogP contribution in [0.4, 0.5) is 5.69 Å². The van der Waals surface area contributed by atoms with Crippen LogP contribution in [0.25, 0.3) is 0 Å². The smallest absolute Gasteiger partial charge is 0.241 e. The van der Waals surface area contributed by atoms with Crippen molar-refractivity contribution in [3.05, 3.63) is 59.7 Å². The summed E-state index contributed by atoms with van der Waals surface area (Å²) in [6.45, 7) is 2.88. The number of sulfonamides is 1. The molecule has 1 aliphatic rings. The van der Waals surface area contributed by atoms with Gasteiger partial charge in [0.25, 0.3) is 0 Å². The number of rotatable bonds is 6. The lowest BCUT2D eigenvalue weighted by Crippen LogP contribution is -2.35. The van der Waals surface area contributed by atoms with E-state index in [1.54, 1.807) is 17.0 Å². The highest BCUT2D eigenvalue weighted by atomic mass is 32.2. The number of carbonyl (C=O) groups is 1. The lowest BCUT2D eigenvalue weighted by molar-refractivity contribution is -0.119. The molecule has 2 aromatic carbocycles. The van der Waals surface area contributed by atoms with Crippen molar-refractivity contribution in [1.82, 2.24) is 4.72 Å². The first-order valence-electron chi connectivity index (χ1n) is 9.97. The van der Waals surface area contributed by atoms with E-state index in [0.29, 0.717) is 6.42 Å². The summed E-state index contributed by atoms with van der Waals surface area (Å²) in [6.07, 6.45) is 4.54. The molecule has 1 saturated heterocycles. The maximum atomic E-state index is 12.3. The van der Waals surface area contributed by atoms with Crippen molar-refractivity contribution >= 4 is 21.6 Å². The number of hydrogen-bond acceptors (Lipinski definition) is 3. The first-order valence-corrected chi connectivity index (χ1v) is 11.5. The Balaban J connectivity index is 1.57. The highest BCUT2D eigenvalue weighted by Crippen LogP contribution is 2.21. The van der Waals surface area contributed by atoms with Crippen molar-refractivity contribution in [2.24, 2.45) is 0 Å². The number of benzene rings is 2. The molecule has 0 bridgehead atoms. The summed E-state index contributed by atoms with van der Waals surface area (Å²) < 4.78 is 27.2. The zero-order valence-corrected chi connectivity index (χ0v) is 17.5. The predicted molar refractivity (Wildman–Crippen MR) is 115 cm³/mol. The van der Waals surface area contributed by atoms with E-state index >= 15 is 0 Å². The zero-order chi connectivity index (χ0) is 20.7. The molecule has 1 fully saturated rings. The first kappa shape index (κ1) is 21.1. The molecule has 0 spiro atoms. The molecule has 152 valence electrons. The highest BCUT2D eigenvalue weighted by Gasteiger charge is 2.19. The van der Waals surface area contributed by atoms with Crippen molar-refractivity contribution < 1.29 is 13.2 Å². The molecule has 1 N–H and O–H groups in total. The molecule has 1 heterocycles. The highest BCUT2D eigenvalue weighted by molar-refractivity contribution is 7.89. The number of carbonyl (C=O) groups excluding carboxylic acids is 1. The number of hydrogen-bond donors (Lipinski definition) is 1. The minimum atomic E-state index is -3.57. The monoisotopic (exact) mass is 410 g/mol. The lowest BCUT2D eigenvalue weighted by atomic mass is 10.1. The van der Waals surface area contributed by atoms with Crippen molar-refractivity contribution in [2.45, 2.75) is 43.9 Å². The Morgan fingerprint density at radius 3 is 2.41 bits per heavy atom. The minimum Gasteiger partial charge on any atom is -0.312 e. The fourth-order valence-corrected chi connectivity index (χ4v) is 4.21. The molecule has 3 rings (SSSR count). The normalized spacial score (nSPS) is 14.4. The first-order chi connectivity index (χ1) is 14.0. The molecule has 0 aliphatic carbocycles. The van der Waals surface area contributed by atoms with E-state index in [4.69, 9.17) is 0 Å². The van der Waals surface area contributed by atoms with Gasteiger partial charge in [-0.3, -0.25) is 4.79 Å². The summed E-state index contributed by atoms with van der Waals surface area (Å²) in [5.41, 5.74) is 2.79. The van der Waals surface area contributed by atoms with Gasteiger partial charge < -0.3 is 4.90 Å². The van der Waals surface area contributed by atoms with E-state index in [1.165, 1.54) is 0 Å². The third-order valence-electron chi connectivity index (χ3n) is 4.86. The van der Waals surface area contributed by atoms with Crippen LogP contribution in [0, 0.1) is 11.8 Å². The number of piperidine rings is 1. The standard InChI is InChI=1S/C23H26N2O3S/c1-2-6-19-11-15-22(16-12-19)29(27,28)24-17-5-7-20-9-13-21(14-10-20)25-18-4-3-8-23(25)26/h9-16,24H,2-4,6,8,17-18H2,1H3. The van der Waals surface area contributed by atoms with Crippen LogP contribution in [0.2, 0.25) is 0 Å². The van der Waals surface area contributed by atoms with Crippen LogP contribution in [0.5, 0.6) is 0 Å². The van der Waals surface area contributed by atoms with Crippen molar-refractivity contribution in [3.8, 4) is 11.8 Å². The topological polar surface area (TPSA) is 66.5 Å². The molecule has 5 nitrogen and oxygen atoms in total. The Bertz CT molecular complexity index is 1000. The molecule has 0 atom stereocenters. The SMILES string of the molecule is CCCc1ccc(S(=O)(=O)NCC#Cc2ccc(N3CCCCC3=O)cc2)cc1. The third-order valence-corrected chi connectivity index (χ3v) is 6.28. The minimum absolute atomic E-state index is 0.0331. The fraction of sp³-hybridized carbons (Fsp3) is 0.348. The Labute approximate surface area is 173 Å². The van der Waals surface area contributed by atoms with Crippen LogP contribution in [-0.4, -0.2) is 27.4 Å². The van der Waals surface area contributed by atoms with Gasteiger partial charge in [0.05, 0.1) is 11.4 Å². The van der Waals surface area contributed by atoms with Gasteiger partial charge in [0.1, 0.15) is 0 Å². The summed E-state index contributed by atoms with van der Waals surface area (Å²) in [6, 6.07) is 14.4. The Kier molecular flexibility index (Phi) is 7.08. The molecule has 0 saturated carbocycles. The van der Waals surface area contributed by atoms with Gasteiger partial charge in [-0.2, -0.15) is 4.72 Å². The van der Waals surface area contributed by atoms with E-state index in [0.717, 1.165) is 49.0 Å². The van der Waals surface area contributed by atoms with Crippen molar-refractivity contribution in [2.75, 3.05) is 18.0 Å². The van der Waals surface area contributed by atoms with Gasteiger partial charge in [0.2, 0.25) is 15.9 Å². The van der Waals surface area contributed by atoms with E-state index < -0.39 is 10.0 Å². The Hall–Kier alpha value is -2.62. The molecule has 0 aromatic heterocycles. The largest absolute Gasteiger partial charge is 0.312 e. The van der Waals surface area contributed by atoms with Crippen LogP contribution in [0.15, 0.2) is 53.4 Å². The Morgan fingerprint density at radius 2 is 1.76 bits per heavy atom. The molecule has 2 aromatic rings. The van der Waals surface area contributed by atoms with Gasteiger partial charge in [0.15, 0.2) is 0 Å². The van der Waals surface area contributed by atoms with Crippen molar-refractivity contribution in [3.63, 3.8) is 0 Å². The number of nitrogens with zero attached hydrogens (tertiary/aromatic N) is 1. The van der Waals surface area contributed by atoms with E-state index in [9.17, 15) is 13.2 Å². The second-order valence-electron chi connectivity index (χ2n) is 7.07. The average molecular weight is 411 g/mol. The molecular formula is C23H26N2O3S. The Morgan fingerprint density at radius 1 is 1.03 bits per heavy atom. The third kappa shape index (κ3) is 5.69. The predicted octanol–water partition coefficient (Wildman–Crippen LogP) is 3.49. The summed E-state index contributed by atoms with van der Waals surface area (Å²) in [7, 11) is -3.57. The number of aryl methyl sites for hydroxylation is 1. The van der Waals surface area contributed by atoms with E-state index in [2.05, 4.69) is 23.5 Å². The van der Waals surface area contributed by atoms with Gasteiger partial charge in [-0.25, -0.2) is 8.42 Å². The fourth-order valence-electron chi connectivity index (χ4n) is 3.29. The number of anilines is 1. The zero-order valence-electron chi connectivity index (χ0n) is 16.6. The second-order valence-corrected chi connectivity index (χ2v) is 8.84. The van der Waals surface area contributed by atoms with Crippen LogP contribution in [-0.2, 0) is 21.2 Å². The maximum absolute atomic E-state index is 12.3. The molecule has 0 radical (unpaired) electrons. The maximum Gasteiger partial charge on any atom is 0.241 e. The van der Waals surface area contributed by atoms with Gasteiger partial charge >= 0.3 is 0 Å². The summed E-state index contributed by atoms with van der Waals surface area (Å²) in [5.74, 6) is 5.96. The summed E-state index contributed by atoms with van der Waals surface area (Å²) in [4.78, 5) is 14.0. The molecule has 0 unspecified atom stereocenters. The van der Waals surface area contributed by atoms with Crippen LogP contribution in [0.1, 0.15) is 43.7 Å². The molecule has 6 heteroatoms. The molecular weight excluding hydrogens is 384 g/mol. The number of amides is 1. The van der Waals surface area contributed by atoms with Crippen LogP contribution < -0.4 is 9.62 Å². The quantitative estimate of drug-likeness (QED) is 0.742. The van der Waals surface area contributed by atoms with Crippen LogP contribution >= 0.6 is 0 Å². The molecule has 1 amide bonds. The molecule has 29 heavy (non-hydrogen) atoms. The second kappa shape index (κ2) is 9.73. The van der Waals surface area contributed by atoms with Crippen LogP contribution in [0.3, 0.4) is 0 Å². The van der Waals surface area contributed by atoms with Gasteiger partial charge in [-0.15, -0.1) is 0 Å². The van der Waals surface area contributed by atoms with Gasteiger partial charge in [-0.1, -0.05) is 37.3 Å². The summed E-state index contributed by atoms with van der Waals surface area (Å²) in [5, 5.41) is 0.